The lowest BCUT2D eigenvalue weighted by atomic mass is 10.1. The van der Waals surface area contributed by atoms with Crippen molar-refractivity contribution in [3.63, 3.8) is 0 Å². The molecule has 0 spiro atoms. The van der Waals surface area contributed by atoms with E-state index in [0.29, 0.717) is 11.4 Å². The van der Waals surface area contributed by atoms with Crippen molar-refractivity contribution in [1.82, 2.24) is 5.32 Å². The van der Waals surface area contributed by atoms with Gasteiger partial charge in [-0.25, -0.2) is 12.8 Å². The second kappa shape index (κ2) is 10.1. The highest BCUT2D eigenvalue weighted by Gasteiger charge is 2.28. The minimum atomic E-state index is -4.06. The molecule has 0 bridgehead atoms. The summed E-state index contributed by atoms with van der Waals surface area (Å²) in [5.41, 5.74) is 0.986. The van der Waals surface area contributed by atoms with Gasteiger partial charge in [0.1, 0.15) is 12.4 Å². The molecule has 3 aromatic rings. The Morgan fingerprint density at radius 3 is 2.29 bits per heavy atom. The predicted octanol–water partition coefficient (Wildman–Crippen LogP) is 4.69. The molecule has 0 saturated carbocycles. The van der Waals surface area contributed by atoms with Crippen LogP contribution in [0.1, 0.15) is 5.56 Å². The summed E-state index contributed by atoms with van der Waals surface area (Å²) in [4.78, 5) is 12.6. The van der Waals surface area contributed by atoms with E-state index >= 15 is 0 Å². The van der Waals surface area contributed by atoms with Crippen molar-refractivity contribution in [3.8, 4) is 0 Å². The highest BCUT2D eigenvalue weighted by atomic mass is 35.5. The van der Waals surface area contributed by atoms with Gasteiger partial charge in [-0.3, -0.25) is 9.10 Å². The quantitative estimate of drug-likeness (QED) is 0.508. The van der Waals surface area contributed by atoms with E-state index in [1.54, 1.807) is 30.3 Å². The molecule has 0 radical (unpaired) electrons. The Hall–Kier alpha value is -2.61. The molecule has 0 aliphatic carbocycles. The molecule has 5 nitrogen and oxygen atoms in total. The fourth-order valence-electron chi connectivity index (χ4n) is 2.89. The van der Waals surface area contributed by atoms with Gasteiger partial charge in [-0.15, -0.1) is 0 Å². The first-order valence-electron chi connectivity index (χ1n) is 9.31. The van der Waals surface area contributed by atoms with E-state index in [0.717, 1.165) is 9.87 Å². The van der Waals surface area contributed by atoms with E-state index in [9.17, 15) is 17.6 Å². The topological polar surface area (TPSA) is 66.5 Å². The average Bonchev–Trinajstić information content (AvgIpc) is 2.74. The van der Waals surface area contributed by atoms with Crippen molar-refractivity contribution >= 4 is 44.8 Å². The lowest BCUT2D eigenvalue weighted by molar-refractivity contribution is -0.119. The number of amides is 1. The Morgan fingerprint density at radius 1 is 0.968 bits per heavy atom. The summed E-state index contributed by atoms with van der Waals surface area (Å²) in [6.07, 6.45) is 0.471. The zero-order valence-electron chi connectivity index (χ0n) is 16.3. The summed E-state index contributed by atoms with van der Waals surface area (Å²) in [5, 5.41) is 3.14. The van der Waals surface area contributed by atoms with Crippen molar-refractivity contribution in [3.05, 3.63) is 94.2 Å². The molecule has 3 aromatic carbocycles. The van der Waals surface area contributed by atoms with Crippen molar-refractivity contribution in [2.24, 2.45) is 0 Å². The number of nitrogens with zero attached hydrogens (tertiary/aromatic N) is 1. The van der Waals surface area contributed by atoms with E-state index in [2.05, 4.69) is 5.32 Å². The molecule has 1 N–H and O–H groups in total. The molecular formula is C22H19Cl2FN2O3S. The van der Waals surface area contributed by atoms with Crippen molar-refractivity contribution < 1.29 is 17.6 Å². The molecule has 0 heterocycles. The van der Waals surface area contributed by atoms with E-state index in [-0.39, 0.29) is 28.0 Å². The third-order valence-electron chi connectivity index (χ3n) is 4.45. The van der Waals surface area contributed by atoms with Crippen LogP contribution in [0.5, 0.6) is 0 Å². The van der Waals surface area contributed by atoms with Crippen molar-refractivity contribution in [2.45, 2.75) is 11.3 Å². The molecule has 1 amide bonds. The molecule has 0 unspecified atom stereocenters. The molecule has 0 fully saturated rings. The average molecular weight is 481 g/mol. The van der Waals surface area contributed by atoms with Gasteiger partial charge in [-0.05, 0) is 54.4 Å². The molecular weight excluding hydrogens is 462 g/mol. The molecule has 9 heteroatoms. The highest BCUT2D eigenvalue weighted by Crippen LogP contribution is 2.32. The van der Waals surface area contributed by atoms with Gasteiger partial charge in [0.2, 0.25) is 5.91 Å². The first-order chi connectivity index (χ1) is 14.8. The number of anilines is 1. The molecule has 0 aliphatic rings. The van der Waals surface area contributed by atoms with Crippen LogP contribution in [0.4, 0.5) is 10.1 Å². The Kier molecular flexibility index (Phi) is 7.54. The smallest absolute Gasteiger partial charge is 0.264 e. The third kappa shape index (κ3) is 5.97. The van der Waals surface area contributed by atoms with Crippen LogP contribution in [0, 0.1) is 5.82 Å². The number of hydrogen-bond acceptors (Lipinski definition) is 3. The van der Waals surface area contributed by atoms with E-state index in [1.807, 2.05) is 0 Å². The first-order valence-corrected chi connectivity index (χ1v) is 11.5. The lowest BCUT2D eigenvalue weighted by Crippen LogP contribution is -2.41. The number of benzene rings is 3. The van der Waals surface area contributed by atoms with Crippen LogP contribution < -0.4 is 9.62 Å². The Bertz CT molecular complexity index is 1160. The fraction of sp³-hybridized carbons (Fsp3) is 0.136. The number of rotatable bonds is 8. The summed E-state index contributed by atoms with van der Waals surface area (Å²) >= 11 is 12.2. The Labute approximate surface area is 190 Å². The summed E-state index contributed by atoms with van der Waals surface area (Å²) in [7, 11) is -4.06. The Balaban J connectivity index is 1.79. The Morgan fingerprint density at radius 2 is 1.65 bits per heavy atom. The zero-order valence-corrected chi connectivity index (χ0v) is 18.6. The standard InChI is InChI=1S/C22H19Cl2FN2O3S/c23-17-8-11-21(20(24)14-17)27(31(29,30)19-4-2-1-3-5-19)15-22(28)26-13-12-16-6-9-18(25)10-7-16/h1-11,14H,12-13,15H2,(H,26,28). The number of carbonyl (C=O) groups excluding carboxylic acids is 1. The van der Waals surface area contributed by atoms with Crippen molar-refractivity contribution in [2.75, 3.05) is 17.4 Å². The number of carbonyl (C=O) groups is 1. The summed E-state index contributed by atoms with van der Waals surface area (Å²) in [5.74, 6) is -0.845. The third-order valence-corrected chi connectivity index (χ3v) is 6.76. The van der Waals surface area contributed by atoms with Gasteiger partial charge >= 0.3 is 0 Å². The van der Waals surface area contributed by atoms with Crippen LogP contribution in [0.15, 0.2) is 77.7 Å². The van der Waals surface area contributed by atoms with E-state index in [4.69, 9.17) is 23.2 Å². The maximum atomic E-state index is 13.3. The van der Waals surface area contributed by atoms with Crippen LogP contribution in [-0.4, -0.2) is 27.4 Å². The predicted molar refractivity (Wildman–Crippen MR) is 121 cm³/mol. The van der Waals surface area contributed by atoms with Crippen molar-refractivity contribution in [1.29, 1.82) is 0 Å². The summed E-state index contributed by atoms with van der Waals surface area (Å²) in [6.45, 7) is -0.208. The van der Waals surface area contributed by atoms with Crippen LogP contribution in [0.3, 0.4) is 0 Å². The van der Waals surface area contributed by atoms with Gasteiger partial charge in [0.15, 0.2) is 0 Å². The van der Waals surface area contributed by atoms with E-state index in [1.165, 1.54) is 42.5 Å². The molecule has 0 aliphatic heterocycles. The molecule has 3 rings (SSSR count). The van der Waals surface area contributed by atoms with Gasteiger partial charge in [0.05, 0.1) is 15.6 Å². The molecule has 31 heavy (non-hydrogen) atoms. The normalized spacial score (nSPS) is 11.2. The number of sulfonamides is 1. The minimum absolute atomic E-state index is 0.0279. The van der Waals surface area contributed by atoms with Crippen LogP contribution in [0.25, 0.3) is 0 Å². The zero-order chi connectivity index (χ0) is 22.4. The maximum Gasteiger partial charge on any atom is 0.264 e. The maximum absolute atomic E-state index is 13.3. The van der Waals surface area contributed by atoms with Gasteiger partial charge < -0.3 is 5.32 Å². The molecule has 0 saturated heterocycles. The molecule has 0 aromatic heterocycles. The van der Waals surface area contributed by atoms with E-state index < -0.39 is 22.5 Å². The minimum Gasteiger partial charge on any atom is -0.354 e. The number of nitrogens with one attached hydrogen (secondary N) is 1. The van der Waals surface area contributed by atoms with Gasteiger partial charge in [-0.2, -0.15) is 0 Å². The lowest BCUT2D eigenvalue weighted by Gasteiger charge is -2.25. The SMILES string of the molecule is O=C(CN(c1ccc(Cl)cc1Cl)S(=O)(=O)c1ccccc1)NCCc1ccc(F)cc1. The highest BCUT2D eigenvalue weighted by molar-refractivity contribution is 7.92. The first kappa shape index (κ1) is 23.1. The molecule has 0 atom stereocenters. The van der Waals surface area contributed by atoms with Crippen LogP contribution in [0.2, 0.25) is 10.0 Å². The summed E-state index contributed by atoms with van der Waals surface area (Å²) < 4.78 is 40.5. The largest absolute Gasteiger partial charge is 0.354 e. The van der Waals surface area contributed by atoms with Gasteiger partial charge in [0.25, 0.3) is 10.0 Å². The fourth-order valence-corrected chi connectivity index (χ4v) is 4.91. The van der Waals surface area contributed by atoms with Gasteiger partial charge in [0, 0.05) is 11.6 Å². The second-order valence-electron chi connectivity index (χ2n) is 6.65. The van der Waals surface area contributed by atoms with Crippen LogP contribution >= 0.6 is 23.2 Å². The second-order valence-corrected chi connectivity index (χ2v) is 9.35. The van der Waals surface area contributed by atoms with Crippen LogP contribution in [-0.2, 0) is 21.2 Å². The number of hydrogen-bond donors (Lipinski definition) is 1. The monoisotopic (exact) mass is 480 g/mol. The summed E-state index contributed by atoms with van der Waals surface area (Å²) in [6, 6.07) is 18.1. The van der Waals surface area contributed by atoms with Gasteiger partial charge in [-0.1, -0.05) is 53.5 Å². The number of halogens is 3. The molecule has 162 valence electrons.